The number of amides is 1. The molecule has 0 bridgehead atoms. The molecule has 0 aliphatic rings. The van der Waals surface area contributed by atoms with E-state index >= 15 is 0 Å². The fourth-order valence-electron chi connectivity index (χ4n) is 1.84. The highest BCUT2D eigenvalue weighted by molar-refractivity contribution is 9.09. The van der Waals surface area contributed by atoms with Crippen molar-refractivity contribution in [3.05, 3.63) is 34.9 Å². The van der Waals surface area contributed by atoms with Gasteiger partial charge < -0.3 is 5.32 Å². The first kappa shape index (κ1) is 14.2. The van der Waals surface area contributed by atoms with E-state index in [4.69, 9.17) is 0 Å². The molecule has 1 unspecified atom stereocenters. The number of halogens is 1. The summed E-state index contributed by atoms with van der Waals surface area (Å²) in [6.45, 7) is 6.11. The van der Waals surface area contributed by atoms with Gasteiger partial charge >= 0.3 is 0 Å². The molecule has 94 valence electrons. The third-order valence-electron chi connectivity index (χ3n) is 2.91. The lowest BCUT2D eigenvalue weighted by atomic mass is 10.0. The average Bonchev–Trinajstić information content (AvgIpc) is 2.28. The van der Waals surface area contributed by atoms with E-state index in [2.05, 4.69) is 28.2 Å². The van der Waals surface area contributed by atoms with Gasteiger partial charge in [-0.05, 0) is 38.3 Å². The quantitative estimate of drug-likeness (QED) is 0.827. The molecule has 0 aromatic heterocycles. The van der Waals surface area contributed by atoms with Crippen molar-refractivity contribution in [1.82, 2.24) is 5.32 Å². The Morgan fingerprint density at radius 3 is 2.65 bits per heavy atom. The number of carbonyl (C=O) groups is 1. The molecule has 1 rings (SSSR count). The van der Waals surface area contributed by atoms with Crippen molar-refractivity contribution in [1.29, 1.82) is 0 Å². The van der Waals surface area contributed by atoms with Gasteiger partial charge in [0, 0.05) is 16.9 Å². The molecule has 0 spiro atoms. The highest BCUT2D eigenvalue weighted by Crippen LogP contribution is 2.11. The average molecular weight is 298 g/mol. The van der Waals surface area contributed by atoms with Crippen LogP contribution in [-0.4, -0.2) is 17.3 Å². The summed E-state index contributed by atoms with van der Waals surface area (Å²) in [7, 11) is 0. The molecule has 0 radical (unpaired) electrons. The number of hydrogen-bond acceptors (Lipinski definition) is 1. The monoisotopic (exact) mass is 297 g/mol. The van der Waals surface area contributed by atoms with Crippen LogP contribution < -0.4 is 5.32 Å². The van der Waals surface area contributed by atoms with Gasteiger partial charge in [0.05, 0.1) is 0 Å². The van der Waals surface area contributed by atoms with Crippen LogP contribution in [0.5, 0.6) is 0 Å². The van der Waals surface area contributed by atoms with Gasteiger partial charge in [-0.15, -0.1) is 0 Å². The Morgan fingerprint density at radius 2 is 2.12 bits per heavy atom. The second-order valence-corrected chi connectivity index (χ2v) is 5.17. The lowest BCUT2D eigenvalue weighted by Crippen LogP contribution is -2.35. The van der Waals surface area contributed by atoms with Crippen molar-refractivity contribution < 1.29 is 4.79 Å². The molecule has 0 saturated carbocycles. The van der Waals surface area contributed by atoms with E-state index in [1.807, 2.05) is 32.0 Å². The highest BCUT2D eigenvalue weighted by Gasteiger charge is 2.13. The van der Waals surface area contributed by atoms with Crippen LogP contribution in [0.1, 0.15) is 41.3 Å². The minimum absolute atomic E-state index is 0.0373. The van der Waals surface area contributed by atoms with E-state index < -0.39 is 0 Å². The van der Waals surface area contributed by atoms with Crippen molar-refractivity contribution in [2.75, 3.05) is 5.33 Å². The Balaban J connectivity index is 2.75. The van der Waals surface area contributed by atoms with E-state index in [1.165, 1.54) is 5.56 Å². The minimum Gasteiger partial charge on any atom is -0.349 e. The van der Waals surface area contributed by atoms with Gasteiger partial charge in [0.2, 0.25) is 0 Å². The number of nitrogens with one attached hydrogen (secondary N) is 1. The predicted octanol–water partition coefficient (Wildman–Crippen LogP) is 3.60. The zero-order valence-corrected chi connectivity index (χ0v) is 12.3. The lowest BCUT2D eigenvalue weighted by molar-refractivity contribution is 0.0934. The maximum Gasteiger partial charge on any atom is 0.251 e. The van der Waals surface area contributed by atoms with Crippen molar-refractivity contribution in [3.8, 4) is 0 Å². The van der Waals surface area contributed by atoms with Crippen LogP contribution in [-0.2, 0) is 0 Å². The summed E-state index contributed by atoms with van der Waals surface area (Å²) >= 11 is 3.41. The third kappa shape index (κ3) is 4.15. The number of carbonyl (C=O) groups excluding carboxylic acids is 1. The van der Waals surface area contributed by atoms with Crippen LogP contribution >= 0.6 is 15.9 Å². The summed E-state index contributed by atoms with van der Waals surface area (Å²) in [6, 6.07) is 6.18. The lowest BCUT2D eigenvalue weighted by Gasteiger charge is -2.16. The fraction of sp³-hybridized carbons (Fsp3) is 0.500. The number of aryl methyl sites for hydroxylation is 2. The molecule has 1 N–H and O–H groups in total. The first-order chi connectivity index (χ1) is 8.08. The van der Waals surface area contributed by atoms with Crippen molar-refractivity contribution in [2.45, 2.75) is 39.7 Å². The SMILES string of the molecule is CCC(CCBr)NC(=O)c1ccc(C)cc1C. The van der Waals surface area contributed by atoms with Crippen molar-refractivity contribution >= 4 is 21.8 Å². The summed E-state index contributed by atoms with van der Waals surface area (Å²) in [5.41, 5.74) is 3.01. The smallest absolute Gasteiger partial charge is 0.251 e. The Bertz CT molecular complexity index is 390. The van der Waals surface area contributed by atoms with Gasteiger partial charge in [-0.25, -0.2) is 0 Å². The summed E-state index contributed by atoms with van der Waals surface area (Å²) in [5, 5.41) is 3.99. The van der Waals surface area contributed by atoms with Gasteiger partial charge in [0.15, 0.2) is 0 Å². The van der Waals surface area contributed by atoms with Crippen LogP contribution in [0.2, 0.25) is 0 Å². The molecular weight excluding hydrogens is 278 g/mol. The molecule has 17 heavy (non-hydrogen) atoms. The van der Waals surface area contributed by atoms with Gasteiger partial charge in [0.1, 0.15) is 0 Å². The van der Waals surface area contributed by atoms with E-state index in [0.717, 1.165) is 29.3 Å². The molecule has 0 saturated heterocycles. The van der Waals surface area contributed by atoms with Crippen LogP contribution in [0.25, 0.3) is 0 Å². The van der Waals surface area contributed by atoms with Gasteiger partial charge in [-0.2, -0.15) is 0 Å². The molecule has 1 amide bonds. The minimum atomic E-state index is 0.0373. The largest absolute Gasteiger partial charge is 0.349 e. The van der Waals surface area contributed by atoms with E-state index in [9.17, 15) is 4.79 Å². The number of hydrogen-bond donors (Lipinski definition) is 1. The van der Waals surface area contributed by atoms with Crippen LogP contribution in [0.3, 0.4) is 0 Å². The topological polar surface area (TPSA) is 29.1 Å². The maximum atomic E-state index is 12.1. The van der Waals surface area contributed by atoms with Crippen LogP contribution in [0.15, 0.2) is 18.2 Å². The van der Waals surface area contributed by atoms with Crippen molar-refractivity contribution in [3.63, 3.8) is 0 Å². The molecular formula is C14H20BrNO. The third-order valence-corrected chi connectivity index (χ3v) is 3.37. The fourth-order valence-corrected chi connectivity index (χ4v) is 2.39. The Kier molecular flexibility index (Phi) is 5.69. The molecule has 2 nitrogen and oxygen atoms in total. The molecule has 0 aliphatic heterocycles. The molecule has 1 atom stereocenters. The Labute approximate surface area is 112 Å². The second-order valence-electron chi connectivity index (χ2n) is 4.37. The molecule has 0 aliphatic carbocycles. The zero-order valence-electron chi connectivity index (χ0n) is 10.7. The van der Waals surface area contributed by atoms with Crippen LogP contribution in [0.4, 0.5) is 0 Å². The summed E-state index contributed by atoms with van der Waals surface area (Å²) in [4.78, 5) is 12.1. The molecule has 0 heterocycles. The Morgan fingerprint density at radius 1 is 1.41 bits per heavy atom. The Hall–Kier alpha value is -0.830. The van der Waals surface area contributed by atoms with Gasteiger partial charge in [-0.1, -0.05) is 40.5 Å². The normalized spacial score (nSPS) is 12.2. The number of rotatable bonds is 5. The van der Waals surface area contributed by atoms with E-state index in [0.29, 0.717) is 0 Å². The standard InChI is InChI=1S/C14H20BrNO/c1-4-12(7-8-15)16-14(17)13-6-5-10(2)9-11(13)3/h5-6,9,12H,4,7-8H2,1-3H3,(H,16,17). The molecule has 3 heteroatoms. The first-order valence-electron chi connectivity index (χ1n) is 6.02. The first-order valence-corrected chi connectivity index (χ1v) is 7.14. The molecule has 1 aromatic carbocycles. The number of alkyl halides is 1. The van der Waals surface area contributed by atoms with Crippen molar-refractivity contribution in [2.24, 2.45) is 0 Å². The van der Waals surface area contributed by atoms with Gasteiger partial charge in [-0.3, -0.25) is 4.79 Å². The predicted molar refractivity (Wildman–Crippen MR) is 75.9 cm³/mol. The molecule has 1 aromatic rings. The highest BCUT2D eigenvalue weighted by atomic mass is 79.9. The summed E-state index contributed by atoms with van der Waals surface area (Å²) in [6.07, 6.45) is 1.93. The number of benzene rings is 1. The second kappa shape index (κ2) is 6.80. The summed E-state index contributed by atoms with van der Waals surface area (Å²) < 4.78 is 0. The van der Waals surface area contributed by atoms with Crippen LogP contribution in [0, 0.1) is 13.8 Å². The van der Waals surface area contributed by atoms with E-state index in [-0.39, 0.29) is 11.9 Å². The summed E-state index contributed by atoms with van der Waals surface area (Å²) in [5.74, 6) is 0.0373. The van der Waals surface area contributed by atoms with Gasteiger partial charge in [0.25, 0.3) is 5.91 Å². The van der Waals surface area contributed by atoms with E-state index in [1.54, 1.807) is 0 Å². The molecule has 0 fully saturated rings. The zero-order chi connectivity index (χ0) is 12.8. The maximum absolute atomic E-state index is 12.1.